The molecular formula is C12H17N3. The molecule has 0 aliphatic rings. The van der Waals surface area contributed by atoms with Gasteiger partial charge >= 0.3 is 0 Å². The predicted octanol–water partition coefficient (Wildman–Crippen LogP) is 1.65. The minimum Gasteiger partial charge on any atom is -0.373 e. The Morgan fingerprint density at radius 2 is 2.20 bits per heavy atom. The summed E-state index contributed by atoms with van der Waals surface area (Å²) in [6, 6.07) is 8.00. The van der Waals surface area contributed by atoms with Crippen molar-refractivity contribution in [2.45, 2.75) is 13.3 Å². The average molecular weight is 203 g/mol. The minimum atomic E-state index is 0.679. The van der Waals surface area contributed by atoms with E-state index in [1.165, 1.54) is 0 Å². The van der Waals surface area contributed by atoms with E-state index in [-0.39, 0.29) is 0 Å². The number of para-hydroxylation sites is 1. The fraction of sp³-hybridized carbons (Fsp3) is 0.417. The molecule has 0 aliphatic carbocycles. The minimum absolute atomic E-state index is 0.679. The predicted molar refractivity (Wildman–Crippen MR) is 62.8 cm³/mol. The first-order valence-electron chi connectivity index (χ1n) is 5.11. The number of nitrogens with two attached hydrogens (primary N) is 1. The van der Waals surface area contributed by atoms with Crippen LogP contribution in [0.3, 0.4) is 0 Å². The fourth-order valence-corrected chi connectivity index (χ4v) is 1.70. The van der Waals surface area contributed by atoms with Gasteiger partial charge in [0.2, 0.25) is 0 Å². The van der Waals surface area contributed by atoms with Gasteiger partial charge in [0.05, 0.1) is 11.3 Å². The average Bonchev–Trinajstić information content (AvgIpc) is 2.25. The number of nitrogens with zero attached hydrogens (tertiary/aromatic N) is 2. The number of benzene rings is 1. The molecule has 0 fully saturated rings. The molecule has 1 aromatic carbocycles. The summed E-state index contributed by atoms with van der Waals surface area (Å²) in [6.45, 7) is 3.59. The molecule has 0 radical (unpaired) electrons. The zero-order valence-corrected chi connectivity index (χ0v) is 9.33. The quantitative estimate of drug-likeness (QED) is 0.809. The van der Waals surface area contributed by atoms with Crippen molar-refractivity contribution in [1.82, 2.24) is 0 Å². The van der Waals surface area contributed by atoms with Crippen molar-refractivity contribution in [3.8, 4) is 6.07 Å². The van der Waals surface area contributed by atoms with E-state index in [1.807, 2.05) is 32.2 Å². The van der Waals surface area contributed by atoms with Crippen molar-refractivity contribution in [2.75, 3.05) is 25.0 Å². The van der Waals surface area contributed by atoms with Crippen molar-refractivity contribution in [3.63, 3.8) is 0 Å². The molecule has 0 saturated heterocycles. The van der Waals surface area contributed by atoms with E-state index in [9.17, 15) is 0 Å². The van der Waals surface area contributed by atoms with Crippen molar-refractivity contribution < 1.29 is 0 Å². The van der Waals surface area contributed by atoms with Crippen LogP contribution in [0.5, 0.6) is 0 Å². The number of anilines is 1. The number of nitriles is 1. The first kappa shape index (κ1) is 11.5. The van der Waals surface area contributed by atoms with E-state index in [1.54, 1.807) is 0 Å². The number of rotatable bonds is 4. The summed E-state index contributed by atoms with van der Waals surface area (Å²) in [5, 5.41) is 9.02. The van der Waals surface area contributed by atoms with Crippen molar-refractivity contribution >= 4 is 5.69 Å². The summed E-state index contributed by atoms with van der Waals surface area (Å²) < 4.78 is 0. The van der Waals surface area contributed by atoms with E-state index in [0.29, 0.717) is 6.54 Å². The van der Waals surface area contributed by atoms with Gasteiger partial charge < -0.3 is 10.6 Å². The molecule has 0 atom stereocenters. The zero-order valence-electron chi connectivity index (χ0n) is 9.33. The third-order valence-electron chi connectivity index (χ3n) is 2.44. The van der Waals surface area contributed by atoms with E-state index in [4.69, 9.17) is 11.0 Å². The Labute approximate surface area is 91.1 Å². The molecule has 2 N–H and O–H groups in total. The summed E-state index contributed by atoms with van der Waals surface area (Å²) in [5.74, 6) is 0. The van der Waals surface area contributed by atoms with Gasteiger partial charge in [0, 0.05) is 13.6 Å². The van der Waals surface area contributed by atoms with E-state index < -0.39 is 0 Å². The van der Waals surface area contributed by atoms with Crippen molar-refractivity contribution in [1.29, 1.82) is 5.26 Å². The first-order valence-corrected chi connectivity index (χ1v) is 5.11. The Bertz CT molecular complexity index is 366. The highest BCUT2D eigenvalue weighted by atomic mass is 15.1. The topological polar surface area (TPSA) is 53.0 Å². The Morgan fingerprint density at radius 3 is 2.80 bits per heavy atom. The van der Waals surface area contributed by atoms with Gasteiger partial charge in [-0.2, -0.15) is 5.26 Å². The van der Waals surface area contributed by atoms with Crippen LogP contribution in [0, 0.1) is 18.3 Å². The number of hydrogen-bond donors (Lipinski definition) is 1. The lowest BCUT2D eigenvalue weighted by atomic mass is 10.1. The lowest BCUT2D eigenvalue weighted by molar-refractivity contribution is 0.793. The number of aryl methyl sites for hydroxylation is 1. The molecule has 0 aromatic heterocycles. The van der Waals surface area contributed by atoms with Gasteiger partial charge in [0.15, 0.2) is 0 Å². The van der Waals surface area contributed by atoms with Crippen LogP contribution < -0.4 is 10.6 Å². The van der Waals surface area contributed by atoms with E-state index in [2.05, 4.69) is 11.0 Å². The molecule has 0 aliphatic heterocycles. The molecule has 15 heavy (non-hydrogen) atoms. The Balaban J connectivity index is 2.96. The van der Waals surface area contributed by atoms with Gasteiger partial charge in [-0.05, 0) is 31.5 Å². The maximum atomic E-state index is 9.02. The SMILES string of the molecule is Cc1cccc(C#N)c1N(C)CCCN. The van der Waals surface area contributed by atoms with E-state index >= 15 is 0 Å². The summed E-state index contributed by atoms with van der Waals surface area (Å²) in [7, 11) is 2.00. The Morgan fingerprint density at radius 1 is 1.47 bits per heavy atom. The van der Waals surface area contributed by atoms with Gasteiger partial charge in [-0.3, -0.25) is 0 Å². The summed E-state index contributed by atoms with van der Waals surface area (Å²) in [6.07, 6.45) is 0.940. The second kappa shape index (κ2) is 5.38. The highest BCUT2D eigenvalue weighted by Crippen LogP contribution is 2.23. The third kappa shape index (κ3) is 2.71. The normalized spacial score (nSPS) is 9.73. The second-order valence-corrected chi connectivity index (χ2v) is 3.65. The molecule has 3 nitrogen and oxygen atoms in total. The van der Waals surface area contributed by atoms with Crippen LogP contribution in [0.2, 0.25) is 0 Å². The molecule has 3 heteroatoms. The fourth-order valence-electron chi connectivity index (χ4n) is 1.70. The summed E-state index contributed by atoms with van der Waals surface area (Å²) >= 11 is 0. The highest BCUT2D eigenvalue weighted by molar-refractivity contribution is 5.63. The number of hydrogen-bond acceptors (Lipinski definition) is 3. The van der Waals surface area contributed by atoms with Gasteiger partial charge in [-0.25, -0.2) is 0 Å². The third-order valence-corrected chi connectivity index (χ3v) is 2.44. The molecule has 0 unspecified atom stereocenters. The van der Waals surface area contributed by atoms with Gasteiger partial charge in [0.1, 0.15) is 6.07 Å². The summed E-state index contributed by atoms with van der Waals surface area (Å²) in [5.41, 5.74) is 8.36. The monoisotopic (exact) mass is 203 g/mol. The first-order chi connectivity index (χ1) is 7.20. The Hall–Kier alpha value is -1.53. The van der Waals surface area contributed by atoms with Gasteiger partial charge in [0.25, 0.3) is 0 Å². The molecule has 80 valence electrons. The van der Waals surface area contributed by atoms with E-state index in [0.717, 1.165) is 29.8 Å². The largest absolute Gasteiger partial charge is 0.373 e. The van der Waals surface area contributed by atoms with Crippen LogP contribution in [0.25, 0.3) is 0 Å². The molecule has 1 rings (SSSR count). The van der Waals surface area contributed by atoms with Crippen LogP contribution in [0.15, 0.2) is 18.2 Å². The molecule has 0 bridgehead atoms. The maximum Gasteiger partial charge on any atom is 0.101 e. The highest BCUT2D eigenvalue weighted by Gasteiger charge is 2.09. The van der Waals surface area contributed by atoms with Crippen molar-refractivity contribution in [3.05, 3.63) is 29.3 Å². The molecule has 0 heterocycles. The maximum absolute atomic E-state index is 9.02. The van der Waals surface area contributed by atoms with Gasteiger partial charge in [-0.1, -0.05) is 12.1 Å². The van der Waals surface area contributed by atoms with Crippen LogP contribution in [0.1, 0.15) is 17.5 Å². The lowest BCUT2D eigenvalue weighted by Gasteiger charge is -2.22. The van der Waals surface area contributed by atoms with Crippen LogP contribution >= 0.6 is 0 Å². The molecule has 0 spiro atoms. The van der Waals surface area contributed by atoms with Crippen LogP contribution in [0.4, 0.5) is 5.69 Å². The van der Waals surface area contributed by atoms with Gasteiger partial charge in [-0.15, -0.1) is 0 Å². The lowest BCUT2D eigenvalue weighted by Crippen LogP contribution is -2.22. The molecule has 1 aromatic rings. The van der Waals surface area contributed by atoms with Crippen LogP contribution in [-0.2, 0) is 0 Å². The molecule has 0 amide bonds. The Kier molecular flexibility index (Phi) is 4.14. The smallest absolute Gasteiger partial charge is 0.101 e. The van der Waals surface area contributed by atoms with Crippen LogP contribution in [-0.4, -0.2) is 20.1 Å². The zero-order chi connectivity index (χ0) is 11.3. The van der Waals surface area contributed by atoms with Crippen molar-refractivity contribution in [2.24, 2.45) is 5.73 Å². The molecule has 0 saturated carbocycles. The molecular weight excluding hydrogens is 186 g/mol. The summed E-state index contributed by atoms with van der Waals surface area (Å²) in [4.78, 5) is 2.10. The second-order valence-electron chi connectivity index (χ2n) is 3.65. The standard InChI is InChI=1S/C12H17N3/c1-10-5-3-6-11(9-14)12(10)15(2)8-4-7-13/h3,5-6H,4,7-8,13H2,1-2H3.